The van der Waals surface area contributed by atoms with E-state index in [1.165, 1.54) is 10.4 Å². The second-order valence-electron chi connectivity index (χ2n) is 3.87. The normalized spacial score (nSPS) is 12.9. The summed E-state index contributed by atoms with van der Waals surface area (Å²) in [5.74, 6) is 0. The molecule has 0 radical (unpaired) electrons. The molecule has 0 aliphatic heterocycles. The minimum Gasteiger partial charge on any atom is -0.308 e. The first-order chi connectivity index (χ1) is 7.77. The van der Waals surface area contributed by atoms with Crippen LogP contribution >= 0.6 is 22.7 Å². The number of hydrogen-bond acceptors (Lipinski definition) is 4. The van der Waals surface area contributed by atoms with Gasteiger partial charge in [0, 0.05) is 22.8 Å². The molecular formula is C12H16N2S2. The highest BCUT2D eigenvalue weighted by atomic mass is 32.1. The van der Waals surface area contributed by atoms with E-state index in [4.69, 9.17) is 0 Å². The van der Waals surface area contributed by atoms with Gasteiger partial charge >= 0.3 is 0 Å². The lowest BCUT2D eigenvalue weighted by Gasteiger charge is -2.10. The maximum absolute atomic E-state index is 4.31. The Balaban J connectivity index is 1.78. The molecule has 16 heavy (non-hydrogen) atoms. The van der Waals surface area contributed by atoms with Crippen LogP contribution in [0.1, 0.15) is 29.1 Å². The third-order valence-electron chi connectivity index (χ3n) is 2.67. The predicted molar refractivity (Wildman–Crippen MR) is 71.3 cm³/mol. The Bertz CT molecular complexity index is 420. The largest absolute Gasteiger partial charge is 0.308 e. The van der Waals surface area contributed by atoms with Gasteiger partial charge in [-0.1, -0.05) is 0 Å². The van der Waals surface area contributed by atoms with Gasteiger partial charge in [-0.05, 0) is 37.3 Å². The van der Waals surface area contributed by atoms with Gasteiger partial charge in [-0.3, -0.25) is 0 Å². The maximum Gasteiger partial charge on any atom is 0.0795 e. The predicted octanol–water partition coefficient (Wildman–Crippen LogP) is 3.41. The molecule has 0 amide bonds. The number of aromatic nitrogens is 1. The van der Waals surface area contributed by atoms with Crippen LogP contribution in [0.2, 0.25) is 0 Å². The molecule has 86 valence electrons. The van der Waals surface area contributed by atoms with Crippen molar-refractivity contribution in [1.82, 2.24) is 10.3 Å². The topological polar surface area (TPSA) is 24.9 Å². The maximum atomic E-state index is 4.31. The van der Waals surface area contributed by atoms with E-state index in [0.29, 0.717) is 6.04 Å². The van der Waals surface area contributed by atoms with Gasteiger partial charge in [0.15, 0.2) is 0 Å². The summed E-state index contributed by atoms with van der Waals surface area (Å²) in [7, 11) is 0. The summed E-state index contributed by atoms with van der Waals surface area (Å²) in [6.07, 6.45) is 1.11. The van der Waals surface area contributed by atoms with Crippen LogP contribution in [0.15, 0.2) is 22.3 Å². The van der Waals surface area contributed by atoms with Crippen molar-refractivity contribution < 1.29 is 0 Å². The molecule has 4 heteroatoms. The molecule has 0 saturated carbocycles. The molecular weight excluding hydrogens is 236 g/mol. The van der Waals surface area contributed by atoms with Crippen molar-refractivity contribution in [2.24, 2.45) is 0 Å². The van der Waals surface area contributed by atoms with Crippen LogP contribution < -0.4 is 5.32 Å². The molecule has 0 bridgehead atoms. The number of thiazole rings is 1. The van der Waals surface area contributed by atoms with Gasteiger partial charge in [-0.25, -0.2) is 4.98 Å². The summed E-state index contributed by atoms with van der Waals surface area (Å²) in [5.41, 5.74) is 4.44. The van der Waals surface area contributed by atoms with Gasteiger partial charge in [-0.2, -0.15) is 0 Å². The smallest absolute Gasteiger partial charge is 0.0795 e. The molecule has 0 aliphatic rings. The first kappa shape index (κ1) is 11.8. The summed E-state index contributed by atoms with van der Waals surface area (Å²) in [5, 5.41) is 7.77. The lowest BCUT2D eigenvalue weighted by molar-refractivity contribution is 0.568. The van der Waals surface area contributed by atoms with Crippen molar-refractivity contribution in [3.8, 4) is 0 Å². The zero-order chi connectivity index (χ0) is 11.4. The minimum atomic E-state index is 0.353. The van der Waals surface area contributed by atoms with Gasteiger partial charge in [0.25, 0.3) is 0 Å². The summed E-state index contributed by atoms with van der Waals surface area (Å²) < 4.78 is 0. The number of aryl methyl sites for hydroxylation is 1. The third kappa shape index (κ3) is 2.90. The van der Waals surface area contributed by atoms with Crippen LogP contribution in [0.4, 0.5) is 0 Å². The highest BCUT2D eigenvalue weighted by molar-refractivity contribution is 7.10. The summed E-state index contributed by atoms with van der Waals surface area (Å²) in [6, 6.07) is 2.54. The zero-order valence-corrected chi connectivity index (χ0v) is 11.2. The lowest BCUT2D eigenvalue weighted by Crippen LogP contribution is -2.21. The van der Waals surface area contributed by atoms with E-state index in [0.717, 1.165) is 18.7 Å². The standard InChI is InChI=1S/C12H16N2S2/c1-9-4-6-16-12(9)3-5-13-10(2)11-7-15-8-14-11/h4,6-8,10,13H,3,5H2,1-2H3. The molecule has 1 N–H and O–H groups in total. The average molecular weight is 252 g/mol. The van der Waals surface area contributed by atoms with Gasteiger partial charge in [0.05, 0.1) is 11.2 Å². The first-order valence-electron chi connectivity index (χ1n) is 5.42. The Morgan fingerprint density at radius 3 is 3.00 bits per heavy atom. The SMILES string of the molecule is Cc1ccsc1CCNC(C)c1cscn1. The summed E-state index contributed by atoms with van der Waals surface area (Å²) >= 11 is 3.50. The molecule has 2 aromatic rings. The van der Waals surface area contributed by atoms with Crippen molar-refractivity contribution in [3.63, 3.8) is 0 Å². The number of nitrogens with zero attached hydrogens (tertiary/aromatic N) is 1. The summed E-state index contributed by atoms with van der Waals surface area (Å²) in [4.78, 5) is 5.79. The van der Waals surface area contributed by atoms with Crippen LogP contribution in [0.25, 0.3) is 0 Å². The fourth-order valence-electron chi connectivity index (χ4n) is 1.60. The van der Waals surface area contributed by atoms with E-state index in [1.54, 1.807) is 11.3 Å². The van der Waals surface area contributed by atoms with Crippen molar-refractivity contribution in [2.75, 3.05) is 6.54 Å². The molecule has 2 aromatic heterocycles. The molecule has 2 rings (SSSR count). The third-order valence-corrected chi connectivity index (χ3v) is 4.35. The van der Waals surface area contributed by atoms with E-state index in [9.17, 15) is 0 Å². The molecule has 1 atom stereocenters. The fourth-order valence-corrected chi connectivity index (χ4v) is 3.16. The van der Waals surface area contributed by atoms with E-state index in [-0.39, 0.29) is 0 Å². The van der Waals surface area contributed by atoms with Gasteiger partial charge in [0.2, 0.25) is 0 Å². The van der Waals surface area contributed by atoms with Crippen molar-refractivity contribution in [1.29, 1.82) is 0 Å². The van der Waals surface area contributed by atoms with Crippen molar-refractivity contribution >= 4 is 22.7 Å². The molecule has 0 fully saturated rings. The molecule has 0 spiro atoms. The van der Waals surface area contributed by atoms with Gasteiger partial charge < -0.3 is 5.32 Å². The molecule has 0 saturated heterocycles. The minimum absolute atomic E-state index is 0.353. The van der Waals surface area contributed by atoms with Gasteiger partial charge in [-0.15, -0.1) is 22.7 Å². The van der Waals surface area contributed by atoms with Crippen LogP contribution in [0.3, 0.4) is 0 Å². The first-order valence-corrected chi connectivity index (χ1v) is 7.24. The van der Waals surface area contributed by atoms with Gasteiger partial charge in [0.1, 0.15) is 0 Å². The Hall–Kier alpha value is -0.710. The highest BCUT2D eigenvalue weighted by Crippen LogP contribution is 2.16. The Labute approximate surface area is 104 Å². The molecule has 0 aromatic carbocycles. The van der Waals surface area contributed by atoms with Crippen molar-refractivity contribution in [3.05, 3.63) is 38.5 Å². The number of nitrogens with one attached hydrogen (secondary N) is 1. The zero-order valence-electron chi connectivity index (χ0n) is 9.56. The Morgan fingerprint density at radius 2 is 2.38 bits per heavy atom. The molecule has 2 nitrogen and oxygen atoms in total. The average Bonchev–Trinajstić information content (AvgIpc) is 2.90. The highest BCUT2D eigenvalue weighted by Gasteiger charge is 2.06. The second kappa shape index (κ2) is 5.57. The molecule has 2 heterocycles. The lowest BCUT2D eigenvalue weighted by atomic mass is 10.2. The monoisotopic (exact) mass is 252 g/mol. The van der Waals surface area contributed by atoms with E-state index >= 15 is 0 Å². The van der Waals surface area contributed by atoms with E-state index < -0.39 is 0 Å². The Kier molecular flexibility index (Phi) is 4.09. The van der Waals surface area contributed by atoms with Crippen LogP contribution in [-0.2, 0) is 6.42 Å². The van der Waals surface area contributed by atoms with E-state index in [2.05, 4.69) is 41.0 Å². The second-order valence-corrected chi connectivity index (χ2v) is 5.59. The van der Waals surface area contributed by atoms with E-state index in [1.807, 2.05) is 16.8 Å². The number of hydrogen-bond donors (Lipinski definition) is 1. The van der Waals surface area contributed by atoms with Crippen LogP contribution in [0, 0.1) is 6.92 Å². The molecule has 1 unspecified atom stereocenters. The fraction of sp³-hybridized carbons (Fsp3) is 0.417. The number of rotatable bonds is 5. The van der Waals surface area contributed by atoms with Crippen LogP contribution in [-0.4, -0.2) is 11.5 Å². The van der Waals surface area contributed by atoms with Crippen molar-refractivity contribution in [2.45, 2.75) is 26.3 Å². The van der Waals surface area contributed by atoms with Crippen LogP contribution in [0.5, 0.6) is 0 Å². The summed E-state index contributed by atoms with van der Waals surface area (Å²) in [6.45, 7) is 5.35. The Morgan fingerprint density at radius 1 is 1.50 bits per heavy atom. The molecule has 0 aliphatic carbocycles. The quantitative estimate of drug-likeness (QED) is 0.882. The number of thiophene rings is 1.